The molecule has 3 fully saturated rings. The van der Waals surface area contributed by atoms with Crippen molar-refractivity contribution in [1.29, 1.82) is 0 Å². The SMILES string of the molecule is C=C1/C(=C\C=C2/CCC[C@]3(C)[C@@H]([C@H](C)CCC(O)C(C)(C)O)CC[C@@H]23)C[C@@H](O)C[C@@H]1O. The summed E-state index contributed by atoms with van der Waals surface area (Å²) in [6, 6.07) is 0. The summed E-state index contributed by atoms with van der Waals surface area (Å²) in [6.07, 6.45) is 11.1. The van der Waals surface area contributed by atoms with Crippen LogP contribution in [0.3, 0.4) is 0 Å². The van der Waals surface area contributed by atoms with Gasteiger partial charge in [-0.15, -0.1) is 0 Å². The molecule has 0 bridgehead atoms. The van der Waals surface area contributed by atoms with Gasteiger partial charge in [0.1, 0.15) is 0 Å². The second-order valence-corrected chi connectivity index (χ2v) is 11.4. The van der Waals surface area contributed by atoms with Crippen LogP contribution in [0.5, 0.6) is 0 Å². The molecule has 31 heavy (non-hydrogen) atoms. The van der Waals surface area contributed by atoms with Crippen LogP contribution in [-0.4, -0.2) is 44.3 Å². The van der Waals surface area contributed by atoms with E-state index in [0.29, 0.717) is 37.0 Å². The minimum absolute atomic E-state index is 0.282. The Kier molecular flexibility index (Phi) is 7.57. The van der Waals surface area contributed by atoms with Crippen LogP contribution in [0.2, 0.25) is 0 Å². The van der Waals surface area contributed by atoms with E-state index in [1.54, 1.807) is 13.8 Å². The first-order valence-electron chi connectivity index (χ1n) is 12.3. The minimum Gasteiger partial charge on any atom is -0.393 e. The summed E-state index contributed by atoms with van der Waals surface area (Å²) in [5.41, 5.74) is 2.48. The molecule has 7 atom stereocenters. The van der Waals surface area contributed by atoms with Crippen molar-refractivity contribution in [3.05, 3.63) is 35.5 Å². The molecule has 4 nitrogen and oxygen atoms in total. The molecule has 0 radical (unpaired) electrons. The Labute approximate surface area is 188 Å². The number of hydrogen-bond donors (Lipinski definition) is 4. The van der Waals surface area contributed by atoms with Gasteiger partial charge in [-0.25, -0.2) is 0 Å². The Balaban J connectivity index is 1.71. The average molecular weight is 433 g/mol. The van der Waals surface area contributed by atoms with E-state index in [2.05, 4.69) is 32.6 Å². The third kappa shape index (κ3) is 5.35. The Hall–Kier alpha value is -0.940. The lowest BCUT2D eigenvalue weighted by Crippen LogP contribution is -2.38. The smallest absolute Gasteiger partial charge is 0.0849 e. The van der Waals surface area contributed by atoms with E-state index in [0.717, 1.165) is 24.0 Å². The fourth-order valence-corrected chi connectivity index (χ4v) is 6.65. The van der Waals surface area contributed by atoms with Gasteiger partial charge in [-0.1, -0.05) is 38.2 Å². The van der Waals surface area contributed by atoms with Crippen LogP contribution in [0.1, 0.15) is 85.5 Å². The number of aliphatic hydroxyl groups is 4. The molecule has 4 heteroatoms. The lowest BCUT2D eigenvalue weighted by atomic mass is 9.60. The molecule has 3 aliphatic carbocycles. The molecule has 3 aliphatic rings. The van der Waals surface area contributed by atoms with Crippen molar-refractivity contribution < 1.29 is 20.4 Å². The van der Waals surface area contributed by atoms with E-state index in [1.807, 2.05) is 0 Å². The van der Waals surface area contributed by atoms with Crippen molar-refractivity contribution in [1.82, 2.24) is 0 Å². The zero-order valence-electron chi connectivity index (χ0n) is 20.0. The molecule has 0 aromatic rings. The lowest BCUT2D eigenvalue weighted by Gasteiger charge is -2.44. The minimum atomic E-state index is -1.04. The van der Waals surface area contributed by atoms with E-state index in [9.17, 15) is 20.4 Å². The molecular formula is C27H44O4. The molecule has 0 aromatic carbocycles. The summed E-state index contributed by atoms with van der Waals surface area (Å²) in [4.78, 5) is 0. The largest absolute Gasteiger partial charge is 0.393 e. The predicted molar refractivity (Wildman–Crippen MR) is 125 cm³/mol. The van der Waals surface area contributed by atoms with Crippen LogP contribution >= 0.6 is 0 Å². The molecule has 0 aliphatic heterocycles. The first kappa shape index (κ1) is 24.7. The molecule has 0 saturated heterocycles. The summed E-state index contributed by atoms with van der Waals surface area (Å²) in [5.74, 6) is 1.74. The highest BCUT2D eigenvalue weighted by atomic mass is 16.3. The average Bonchev–Trinajstić information content (AvgIpc) is 3.04. The molecule has 3 rings (SSSR count). The number of fused-ring (bicyclic) bond motifs is 1. The summed E-state index contributed by atoms with van der Waals surface area (Å²) in [5, 5.41) is 40.5. The van der Waals surface area contributed by atoms with Gasteiger partial charge >= 0.3 is 0 Å². The van der Waals surface area contributed by atoms with Crippen molar-refractivity contribution >= 4 is 0 Å². The summed E-state index contributed by atoms with van der Waals surface area (Å²) >= 11 is 0. The van der Waals surface area contributed by atoms with Crippen molar-refractivity contribution in [3.63, 3.8) is 0 Å². The van der Waals surface area contributed by atoms with Gasteiger partial charge in [0.25, 0.3) is 0 Å². The van der Waals surface area contributed by atoms with Gasteiger partial charge in [0, 0.05) is 6.42 Å². The van der Waals surface area contributed by atoms with E-state index in [-0.39, 0.29) is 5.41 Å². The van der Waals surface area contributed by atoms with Crippen molar-refractivity contribution in [3.8, 4) is 0 Å². The fourth-order valence-electron chi connectivity index (χ4n) is 6.65. The zero-order valence-corrected chi connectivity index (χ0v) is 20.0. The van der Waals surface area contributed by atoms with Crippen LogP contribution in [-0.2, 0) is 0 Å². The van der Waals surface area contributed by atoms with Gasteiger partial charge < -0.3 is 20.4 Å². The number of hydrogen-bond acceptors (Lipinski definition) is 4. The van der Waals surface area contributed by atoms with Gasteiger partial charge in [0.05, 0.1) is 23.9 Å². The molecule has 176 valence electrons. The summed E-state index contributed by atoms with van der Waals surface area (Å²) in [7, 11) is 0. The van der Waals surface area contributed by atoms with Crippen LogP contribution in [0.25, 0.3) is 0 Å². The van der Waals surface area contributed by atoms with Crippen LogP contribution in [0, 0.1) is 23.2 Å². The first-order valence-corrected chi connectivity index (χ1v) is 12.3. The molecular weight excluding hydrogens is 388 g/mol. The molecule has 0 spiro atoms. The number of rotatable bonds is 6. The fraction of sp³-hybridized carbons (Fsp3) is 0.778. The van der Waals surface area contributed by atoms with E-state index < -0.39 is 23.9 Å². The number of allylic oxidation sites excluding steroid dienone is 3. The maximum absolute atomic E-state index is 10.3. The monoisotopic (exact) mass is 432 g/mol. The third-order valence-corrected chi connectivity index (χ3v) is 8.70. The highest BCUT2D eigenvalue weighted by molar-refractivity contribution is 5.38. The van der Waals surface area contributed by atoms with Crippen molar-refractivity contribution in [2.75, 3.05) is 0 Å². The second kappa shape index (κ2) is 9.51. The Morgan fingerprint density at radius 3 is 2.58 bits per heavy atom. The zero-order chi connectivity index (χ0) is 23.0. The van der Waals surface area contributed by atoms with Gasteiger partial charge in [-0.05, 0) is 99.5 Å². The Bertz CT molecular complexity index is 715. The molecule has 4 N–H and O–H groups in total. The third-order valence-electron chi connectivity index (χ3n) is 8.70. The predicted octanol–water partition coefficient (Wildman–Crippen LogP) is 4.68. The van der Waals surface area contributed by atoms with E-state index in [4.69, 9.17) is 0 Å². The van der Waals surface area contributed by atoms with E-state index >= 15 is 0 Å². The quantitative estimate of drug-likeness (QED) is 0.491. The highest BCUT2D eigenvalue weighted by Crippen LogP contribution is 2.60. The number of aliphatic hydroxyl groups excluding tert-OH is 3. The van der Waals surface area contributed by atoms with Crippen LogP contribution in [0.15, 0.2) is 35.5 Å². The first-order chi connectivity index (χ1) is 14.4. The maximum atomic E-state index is 10.3. The molecule has 0 heterocycles. The summed E-state index contributed by atoms with van der Waals surface area (Å²) < 4.78 is 0. The summed E-state index contributed by atoms with van der Waals surface area (Å²) in [6.45, 7) is 12.2. The standard InChI is InChI=1S/C27H44O4/c1-17(8-13-25(30)26(3,4)31)22-11-12-23-19(7-6-14-27(22,23)5)9-10-20-15-21(28)16-24(29)18(20)2/h9-10,17,21-25,28-31H,2,6-8,11-16H2,1,3-5H3/b19-9+,20-10-/t17-,21-,22-,23+,24+,25?,27-/m1/s1. The lowest BCUT2D eigenvalue weighted by molar-refractivity contribution is -0.0554. The van der Waals surface area contributed by atoms with E-state index in [1.165, 1.54) is 31.3 Å². The van der Waals surface area contributed by atoms with Gasteiger partial charge in [0.15, 0.2) is 0 Å². The van der Waals surface area contributed by atoms with Crippen LogP contribution < -0.4 is 0 Å². The Morgan fingerprint density at radius 2 is 1.90 bits per heavy atom. The normalized spacial score (nSPS) is 39.0. The second-order valence-electron chi connectivity index (χ2n) is 11.4. The van der Waals surface area contributed by atoms with Crippen molar-refractivity contribution in [2.24, 2.45) is 23.2 Å². The van der Waals surface area contributed by atoms with Gasteiger partial charge in [0.2, 0.25) is 0 Å². The van der Waals surface area contributed by atoms with Crippen LogP contribution in [0.4, 0.5) is 0 Å². The molecule has 3 saturated carbocycles. The molecule has 0 aromatic heterocycles. The van der Waals surface area contributed by atoms with Crippen molar-refractivity contribution in [2.45, 2.75) is 109 Å². The van der Waals surface area contributed by atoms with Gasteiger partial charge in [-0.3, -0.25) is 0 Å². The molecule has 0 amide bonds. The molecule has 1 unspecified atom stereocenters. The van der Waals surface area contributed by atoms with Gasteiger partial charge in [-0.2, -0.15) is 0 Å². The topological polar surface area (TPSA) is 80.9 Å². The maximum Gasteiger partial charge on any atom is 0.0849 e. The Morgan fingerprint density at radius 1 is 1.19 bits per heavy atom. The highest BCUT2D eigenvalue weighted by Gasteiger charge is 2.50.